The van der Waals surface area contributed by atoms with E-state index in [9.17, 15) is 0 Å². The number of hydrogen-bond donors (Lipinski definition) is 2. The van der Waals surface area contributed by atoms with Crippen LogP contribution >= 0.6 is 15.9 Å². The van der Waals surface area contributed by atoms with E-state index in [4.69, 9.17) is 4.74 Å². The third-order valence-corrected chi connectivity index (χ3v) is 6.36. The zero-order valence-corrected chi connectivity index (χ0v) is 20.7. The maximum absolute atomic E-state index is 5.66. The van der Waals surface area contributed by atoms with E-state index in [2.05, 4.69) is 70.5 Å². The predicted octanol–water partition coefficient (Wildman–Crippen LogP) is 5.03. The Bertz CT molecular complexity index is 1310. The molecular formula is C25H26BrN7O. The highest BCUT2D eigenvalue weighted by Crippen LogP contribution is 2.32. The highest BCUT2D eigenvalue weighted by atomic mass is 79.9. The van der Waals surface area contributed by atoms with Crippen LogP contribution in [0.25, 0.3) is 10.9 Å². The number of piperazine rings is 1. The van der Waals surface area contributed by atoms with E-state index in [0.29, 0.717) is 11.8 Å². The van der Waals surface area contributed by atoms with Crippen LogP contribution < -0.4 is 20.3 Å². The number of anilines is 5. The van der Waals surface area contributed by atoms with Gasteiger partial charge in [-0.25, -0.2) is 4.98 Å². The van der Waals surface area contributed by atoms with E-state index in [0.717, 1.165) is 64.4 Å². The summed E-state index contributed by atoms with van der Waals surface area (Å²) in [6, 6.07) is 16.1. The Morgan fingerprint density at radius 2 is 1.79 bits per heavy atom. The molecule has 9 heteroatoms. The molecule has 0 amide bonds. The van der Waals surface area contributed by atoms with Gasteiger partial charge in [0.1, 0.15) is 11.6 Å². The molecule has 1 saturated heterocycles. The SMILES string of the molecule is COc1cc(N2CCN(C)CC2)ccc1Nc1nccc(Nc2cnc3ccc(Br)cc3c2)n1. The van der Waals surface area contributed by atoms with Crippen molar-refractivity contribution in [3.8, 4) is 5.75 Å². The molecule has 0 saturated carbocycles. The number of pyridine rings is 1. The predicted molar refractivity (Wildman–Crippen MR) is 141 cm³/mol. The molecule has 2 aromatic carbocycles. The first kappa shape index (κ1) is 22.4. The smallest absolute Gasteiger partial charge is 0.229 e. The van der Waals surface area contributed by atoms with Gasteiger partial charge in [0.2, 0.25) is 5.95 Å². The van der Waals surface area contributed by atoms with Crippen molar-refractivity contribution >= 4 is 55.7 Å². The van der Waals surface area contributed by atoms with Gasteiger partial charge in [-0.1, -0.05) is 15.9 Å². The Kier molecular flexibility index (Phi) is 6.46. The normalized spacial score (nSPS) is 14.3. The van der Waals surface area contributed by atoms with Crippen LogP contribution in [-0.4, -0.2) is 60.2 Å². The van der Waals surface area contributed by atoms with Gasteiger partial charge in [-0.3, -0.25) is 4.98 Å². The summed E-state index contributed by atoms with van der Waals surface area (Å²) in [7, 11) is 3.83. The van der Waals surface area contributed by atoms with Gasteiger partial charge >= 0.3 is 0 Å². The van der Waals surface area contributed by atoms with Crippen molar-refractivity contribution in [2.75, 3.05) is 55.9 Å². The number of hydrogen-bond acceptors (Lipinski definition) is 8. The standard InChI is InChI=1S/C25H26BrN7O/c1-32-9-11-33(12-10-32)20-4-6-22(23(15-20)34-2)30-25-27-8-7-24(31-25)29-19-14-17-13-18(26)3-5-21(17)28-16-19/h3-8,13-16H,9-12H2,1-2H3,(H2,27,29,30,31). The van der Waals surface area contributed by atoms with Gasteiger partial charge in [0.25, 0.3) is 0 Å². The van der Waals surface area contributed by atoms with E-state index >= 15 is 0 Å². The lowest BCUT2D eigenvalue weighted by molar-refractivity contribution is 0.312. The Balaban J connectivity index is 1.32. The van der Waals surface area contributed by atoms with E-state index in [-0.39, 0.29) is 0 Å². The Labute approximate surface area is 207 Å². The van der Waals surface area contributed by atoms with Crippen LogP contribution in [0.1, 0.15) is 0 Å². The van der Waals surface area contributed by atoms with Gasteiger partial charge in [-0.2, -0.15) is 4.98 Å². The monoisotopic (exact) mass is 519 g/mol. The maximum atomic E-state index is 5.66. The van der Waals surface area contributed by atoms with Crippen LogP contribution in [0.4, 0.5) is 28.8 Å². The van der Waals surface area contributed by atoms with Crippen molar-refractivity contribution < 1.29 is 4.74 Å². The lowest BCUT2D eigenvalue weighted by atomic mass is 10.2. The number of nitrogens with one attached hydrogen (secondary N) is 2. The molecule has 0 unspecified atom stereocenters. The fourth-order valence-electron chi connectivity index (χ4n) is 3.97. The average Bonchev–Trinajstić information content (AvgIpc) is 2.85. The maximum Gasteiger partial charge on any atom is 0.229 e. The molecule has 1 aliphatic heterocycles. The first-order chi connectivity index (χ1) is 16.6. The number of benzene rings is 2. The van der Waals surface area contributed by atoms with Crippen molar-refractivity contribution in [3.05, 3.63) is 65.4 Å². The number of fused-ring (bicyclic) bond motifs is 1. The molecule has 1 fully saturated rings. The summed E-state index contributed by atoms with van der Waals surface area (Å²) in [6.45, 7) is 4.12. The number of likely N-dealkylation sites (N-methyl/N-ethyl adjacent to an activating group) is 1. The number of halogens is 1. The third kappa shape index (κ3) is 5.05. The van der Waals surface area contributed by atoms with Crippen LogP contribution in [0, 0.1) is 0 Å². The fraction of sp³-hybridized carbons (Fsp3) is 0.240. The molecule has 3 heterocycles. The number of aromatic nitrogens is 3. The number of ether oxygens (including phenoxy) is 1. The summed E-state index contributed by atoms with van der Waals surface area (Å²) in [5, 5.41) is 7.64. The third-order valence-electron chi connectivity index (χ3n) is 5.87. The largest absolute Gasteiger partial charge is 0.494 e. The van der Waals surface area contributed by atoms with Crippen molar-refractivity contribution in [2.45, 2.75) is 0 Å². The van der Waals surface area contributed by atoms with Gasteiger partial charge < -0.3 is 25.2 Å². The summed E-state index contributed by atoms with van der Waals surface area (Å²) >= 11 is 3.51. The van der Waals surface area contributed by atoms with Crippen molar-refractivity contribution in [1.29, 1.82) is 0 Å². The van der Waals surface area contributed by atoms with E-state index in [1.165, 1.54) is 0 Å². The Hall–Kier alpha value is -3.43. The van der Waals surface area contributed by atoms with Crippen LogP contribution in [-0.2, 0) is 0 Å². The van der Waals surface area contributed by atoms with Gasteiger partial charge in [0, 0.05) is 54.0 Å². The molecule has 0 radical (unpaired) electrons. The second kappa shape index (κ2) is 9.82. The van der Waals surface area contributed by atoms with E-state index in [1.54, 1.807) is 19.5 Å². The molecule has 1 aliphatic rings. The topological polar surface area (TPSA) is 78.4 Å². The summed E-state index contributed by atoms with van der Waals surface area (Å²) < 4.78 is 6.68. The highest BCUT2D eigenvalue weighted by molar-refractivity contribution is 9.10. The van der Waals surface area contributed by atoms with Crippen molar-refractivity contribution in [1.82, 2.24) is 19.9 Å². The summed E-state index contributed by atoms with van der Waals surface area (Å²) in [4.78, 5) is 18.2. The molecule has 34 heavy (non-hydrogen) atoms. The second-order valence-corrected chi connectivity index (χ2v) is 9.17. The van der Waals surface area contributed by atoms with Gasteiger partial charge in [-0.05, 0) is 49.5 Å². The first-order valence-electron chi connectivity index (χ1n) is 11.1. The Morgan fingerprint density at radius 1 is 0.941 bits per heavy atom. The molecule has 2 aromatic heterocycles. The molecule has 5 rings (SSSR count). The molecule has 0 atom stereocenters. The van der Waals surface area contributed by atoms with Gasteiger partial charge in [0.15, 0.2) is 0 Å². The fourth-order valence-corrected chi connectivity index (χ4v) is 4.35. The molecule has 174 valence electrons. The minimum atomic E-state index is 0.479. The van der Waals surface area contributed by atoms with Crippen LogP contribution in [0.3, 0.4) is 0 Å². The first-order valence-corrected chi connectivity index (χ1v) is 11.9. The summed E-state index contributed by atoms with van der Waals surface area (Å²) in [5.41, 5.74) is 3.76. The van der Waals surface area contributed by atoms with Crippen LogP contribution in [0.5, 0.6) is 5.75 Å². The van der Waals surface area contributed by atoms with E-state index < -0.39 is 0 Å². The molecule has 0 spiro atoms. The highest BCUT2D eigenvalue weighted by Gasteiger charge is 2.16. The molecule has 8 nitrogen and oxygen atoms in total. The summed E-state index contributed by atoms with van der Waals surface area (Å²) in [6.07, 6.45) is 3.51. The van der Waals surface area contributed by atoms with Gasteiger partial charge in [0.05, 0.1) is 30.2 Å². The van der Waals surface area contributed by atoms with Crippen LogP contribution in [0.15, 0.2) is 65.4 Å². The molecule has 4 aromatic rings. The van der Waals surface area contributed by atoms with Crippen molar-refractivity contribution in [3.63, 3.8) is 0 Å². The second-order valence-electron chi connectivity index (χ2n) is 8.25. The number of rotatable bonds is 6. The zero-order chi connectivity index (χ0) is 23.5. The number of methoxy groups -OCH3 is 1. The molecule has 0 bridgehead atoms. The average molecular weight is 520 g/mol. The summed E-state index contributed by atoms with van der Waals surface area (Å²) in [5.74, 6) is 1.90. The molecular weight excluding hydrogens is 494 g/mol. The quantitative estimate of drug-likeness (QED) is 0.367. The zero-order valence-electron chi connectivity index (χ0n) is 19.1. The molecule has 0 aliphatic carbocycles. The minimum Gasteiger partial charge on any atom is -0.494 e. The molecule has 2 N–H and O–H groups in total. The Morgan fingerprint density at radius 3 is 2.62 bits per heavy atom. The van der Waals surface area contributed by atoms with Gasteiger partial charge in [-0.15, -0.1) is 0 Å². The number of nitrogens with zero attached hydrogens (tertiary/aromatic N) is 5. The van der Waals surface area contributed by atoms with E-state index in [1.807, 2.05) is 36.4 Å². The lowest BCUT2D eigenvalue weighted by Crippen LogP contribution is -2.44. The van der Waals surface area contributed by atoms with Crippen molar-refractivity contribution in [2.24, 2.45) is 0 Å². The lowest BCUT2D eigenvalue weighted by Gasteiger charge is -2.34. The minimum absolute atomic E-state index is 0.479. The van der Waals surface area contributed by atoms with Crippen LogP contribution in [0.2, 0.25) is 0 Å².